The second kappa shape index (κ2) is 9.06. The smallest absolute Gasteiger partial charge is 0.349 e. The van der Waals surface area contributed by atoms with Gasteiger partial charge in [-0.25, -0.2) is 14.8 Å². The number of rotatable bonds is 5. The van der Waals surface area contributed by atoms with Gasteiger partial charge in [0, 0.05) is 38.0 Å². The second-order valence-corrected chi connectivity index (χ2v) is 8.82. The van der Waals surface area contributed by atoms with Crippen molar-refractivity contribution in [2.24, 2.45) is 13.0 Å². The molecule has 0 saturated carbocycles. The largest absolute Gasteiger partial charge is 0.489 e. The first-order valence-electron chi connectivity index (χ1n) is 11.1. The zero-order chi connectivity index (χ0) is 23.7. The fourth-order valence-electron chi connectivity index (χ4n) is 4.17. The highest BCUT2D eigenvalue weighted by atomic mass is 16.5. The predicted molar refractivity (Wildman–Crippen MR) is 125 cm³/mol. The van der Waals surface area contributed by atoms with Crippen LogP contribution in [0.2, 0.25) is 0 Å². The number of nitrogens with zero attached hydrogens (tertiary/aromatic N) is 6. The van der Waals surface area contributed by atoms with E-state index in [0.717, 1.165) is 6.42 Å². The summed E-state index contributed by atoms with van der Waals surface area (Å²) < 4.78 is 13.3. The van der Waals surface area contributed by atoms with E-state index in [1.54, 1.807) is 25.4 Å². The van der Waals surface area contributed by atoms with Crippen LogP contribution in [0.5, 0.6) is 11.6 Å². The minimum absolute atomic E-state index is 0.0407. The van der Waals surface area contributed by atoms with Gasteiger partial charge in [-0.15, -0.1) is 0 Å². The average molecular weight is 449 g/mol. The molecule has 9 heteroatoms. The maximum Gasteiger partial charge on any atom is 0.349 e. The van der Waals surface area contributed by atoms with E-state index < -0.39 is 0 Å². The number of nitriles is 1. The summed E-state index contributed by atoms with van der Waals surface area (Å²) in [7, 11) is 1.66. The number of fused-ring (bicyclic) bond motifs is 1. The predicted octanol–water partition coefficient (Wildman–Crippen LogP) is 3.06. The first-order valence-corrected chi connectivity index (χ1v) is 11.1. The molecule has 1 unspecified atom stereocenters. The van der Waals surface area contributed by atoms with Crippen molar-refractivity contribution >= 4 is 16.9 Å². The van der Waals surface area contributed by atoms with Crippen molar-refractivity contribution in [3.8, 4) is 17.7 Å². The minimum atomic E-state index is -0.352. The fourth-order valence-corrected chi connectivity index (χ4v) is 4.17. The van der Waals surface area contributed by atoms with E-state index in [0.29, 0.717) is 40.7 Å². The zero-order valence-electron chi connectivity index (χ0n) is 19.5. The van der Waals surface area contributed by atoms with E-state index in [2.05, 4.69) is 39.8 Å². The highest BCUT2D eigenvalue weighted by Gasteiger charge is 2.34. The molecule has 3 atom stereocenters. The molecule has 0 aliphatic carbocycles. The lowest BCUT2D eigenvalue weighted by Gasteiger charge is -2.42. The maximum absolute atomic E-state index is 12.5. The van der Waals surface area contributed by atoms with E-state index >= 15 is 0 Å². The molecule has 0 amide bonds. The molecular weight excluding hydrogens is 420 g/mol. The third-order valence-electron chi connectivity index (χ3n) is 5.90. The molecule has 0 radical (unpaired) electrons. The summed E-state index contributed by atoms with van der Waals surface area (Å²) in [6.45, 7) is 8.76. The van der Waals surface area contributed by atoms with E-state index in [-0.39, 0.29) is 29.9 Å². The van der Waals surface area contributed by atoms with E-state index in [1.165, 1.54) is 4.57 Å². The van der Waals surface area contributed by atoms with Crippen molar-refractivity contribution in [2.75, 3.05) is 11.4 Å². The van der Waals surface area contributed by atoms with Gasteiger partial charge in [-0.3, -0.25) is 4.57 Å². The van der Waals surface area contributed by atoms with Crippen LogP contribution in [0.15, 0.2) is 35.3 Å². The van der Waals surface area contributed by atoms with Crippen LogP contribution in [-0.2, 0) is 7.05 Å². The summed E-state index contributed by atoms with van der Waals surface area (Å²) in [4.78, 5) is 27.8. The molecule has 1 aliphatic heterocycles. The van der Waals surface area contributed by atoms with Gasteiger partial charge in [0.2, 0.25) is 5.88 Å². The van der Waals surface area contributed by atoms with Crippen LogP contribution in [0.25, 0.3) is 11.0 Å². The normalized spacial score (nSPS) is 20.6. The molecule has 9 nitrogen and oxygen atoms in total. The molecule has 172 valence electrons. The van der Waals surface area contributed by atoms with Crippen molar-refractivity contribution < 1.29 is 9.47 Å². The first kappa shape index (κ1) is 22.5. The Morgan fingerprint density at radius 1 is 1.18 bits per heavy atom. The Morgan fingerprint density at radius 2 is 1.97 bits per heavy atom. The van der Waals surface area contributed by atoms with Gasteiger partial charge in [-0.2, -0.15) is 10.2 Å². The van der Waals surface area contributed by atoms with E-state index in [1.807, 2.05) is 26.0 Å². The van der Waals surface area contributed by atoms with Crippen molar-refractivity contribution in [3.05, 3.63) is 46.6 Å². The van der Waals surface area contributed by atoms with E-state index in [4.69, 9.17) is 9.47 Å². The number of pyridine rings is 2. The molecule has 0 aromatic carbocycles. The highest BCUT2D eigenvalue weighted by molar-refractivity contribution is 5.86. The fraction of sp³-hybridized carbons (Fsp3) is 0.458. The Morgan fingerprint density at radius 3 is 2.64 bits per heavy atom. The first-order chi connectivity index (χ1) is 15.8. The topological polar surface area (TPSA) is 106 Å². The number of aryl methyl sites for hydroxylation is 1. The third-order valence-corrected chi connectivity index (χ3v) is 5.90. The molecular formula is C24H28N6O3. The Kier molecular flexibility index (Phi) is 6.18. The molecule has 3 aromatic rings. The van der Waals surface area contributed by atoms with Crippen LogP contribution in [0.4, 0.5) is 5.82 Å². The zero-order valence-corrected chi connectivity index (χ0v) is 19.5. The van der Waals surface area contributed by atoms with E-state index in [9.17, 15) is 10.1 Å². The van der Waals surface area contributed by atoms with Gasteiger partial charge in [0.1, 0.15) is 29.1 Å². The lowest BCUT2D eigenvalue weighted by atomic mass is 9.91. The molecule has 1 aliphatic rings. The molecule has 1 fully saturated rings. The van der Waals surface area contributed by atoms with Gasteiger partial charge >= 0.3 is 5.69 Å². The van der Waals surface area contributed by atoms with Crippen LogP contribution in [0, 0.1) is 17.2 Å². The van der Waals surface area contributed by atoms with Crippen LogP contribution < -0.4 is 20.1 Å². The summed E-state index contributed by atoms with van der Waals surface area (Å²) in [5.74, 6) is 1.92. The molecule has 4 rings (SSSR count). The molecule has 3 aromatic heterocycles. The Hall–Kier alpha value is -3.67. The van der Waals surface area contributed by atoms with Gasteiger partial charge in [0.15, 0.2) is 5.82 Å². The monoisotopic (exact) mass is 448 g/mol. The van der Waals surface area contributed by atoms with Crippen molar-refractivity contribution in [1.29, 1.82) is 5.26 Å². The van der Waals surface area contributed by atoms with Gasteiger partial charge in [0.25, 0.3) is 0 Å². The molecule has 0 spiro atoms. The maximum atomic E-state index is 12.5. The molecule has 1 saturated heterocycles. The van der Waals surface area contributed by atoms with Crippen molar-refractivity contribution in [2.45, 2.75) is 52.4 Å². The molecule has 4 heterocycles. The standard InChI is InChI=1S/C24H28N6O3/c1-14(2)32-18-7-9-21(26-12-18)33-20-10-16(4)30(13-15(20)3)23-22-19(29(5)24(31)28-23)8-6-17(11-25)27-22/h6-9,12,14-16,20H,10,13H2,1-5H3/t15-,16-,20?/m0/s1. The number of ether oxygens (including phenoxy) is 2. The summed E-state index contributed by atoms with van der Waals surface area (Å²) in [6, 6.07) is 9.16. The average Bonchev–Trinajstić information content (AvgIpc) is 2.79. The highest BCUT2D eigenvalue weighted by Crippen LogP contribution is 2.32. The Balaban J connectivity index is 1.57. The van der Waals surface area contributed by atoms with Crippen molar-refractivity contribution in [3.63, 3.8) is 0 Å². The van der Waals surface area contributed by atoms with Crippen molar-refractivity contribution in [1.82, 2.24) is 19.5 Å². The molecule has 33 heavy (non-hydrogen) atoms. The Bertz CT molecular complexity index is 1250. The molecule has 0 bridgehead atoms. The summed E-state index contributed by atoms with van der Waals surface area (Å²) in [5, 5.41) is 9.31. The number of aromatic nitrogens is 4. The minimum Gasteiger partial charge on any atom is -0.489 e. The number of piperidine rings is 1. The third kappa shape index (κ3) is 4.60. The van der Waals surface area contributed by atoms with Crippen LogP contribution >= 0.6 is 0 Å². The summed E-state index contributed by atoms with van der Waals surface area (Å²) in [6.07, 6.45) is 2.44. The lowest BCUT2D eigenvalue weighted by Crippen LogP contribution is -2.50. The quantitative estimate of drug-likeness (QED) is 0.586. The second-order valence-electron chi connectivity index (χ2n) is 8.82. The van der Waals surface area contributed by atoms with Gasteiger partial charge < -0.3 is 14.4 Å². The van der Waals surface area contributed by atoms with Gasteiger partial charge in [-0.05, 0) is 39.0 Å². The number of hydrogen-bond donors (Lipinski definition) is 0. The number of hydrogen-bond acceptors (Lipinski definition) is 8. The van der Waals surface area contributed by atoms with Gasteiger partial charge in [0.05, 0.1) is 17.8 Å². The van der Waals surface area contributed by atoms with Crippen LogP contribution in [0.3, 0.4) is 0 Å². The number of anilines is 1. The molecule has 0 N–H and O–H groups in total. The van der Waals surface area contributed by atoms with Crippen LogP contribution in [0.1, 0.15) is 39.8 Å². The summed E-state index contributed by atoms with van der Waals surface area (Å²) >= 11 is 0. The van der Waals surface area contributed by atoms with Crippen LogP contribution in [-0.4, -0.2) is 44.3 Å². The SMILES string of the molecule is CC(C)Oc1ccc(OC2C[C@H](C)N(c3nc(=O)n(C)c4ccc(C#N)nc34)C[C@@H]2C)nc1. The summed E-state index contributed by atoms with van der Waals surface area (Å²) in [5.41, 5.74) is 1.14. The lowest BCUT2D eigenvalue weighted by molar-refractivity contribution is 0.102. The van der Waals surface area contributed by atoms with Gasteiger partial charge in [-0.1, -0.05) is 6.92 Å². The Labute approximate surface area is 192 Å².